The lowest BCUT2D eigenvalue weighted by Gasteiger charge is -2.14. The molecule has 1 aliphatic carbocycles. The largest absolute Gasteiger partial charge is 0.390 e. The van der Waals surface area contributed by atoms with Crippen LogP contribution >= 0.6 is 0 Å². The van der Waals surface area contributed by atoms with Crippen LogP contribution in [0.1, 0.15) is 32.6 Å². The van der Waals surface area contributed by atoms with Crippen LogP contribution in [0, 0.1) is 5.92 Å². The monoisotopic (exact) mass is 144 g/mol. The highest BCUT2D eigenvalue weighted by molar-refractivity contribution is 4.79. The summed E-state index contributed by atoms with van der Waals surface area (Å²) >= 11 is 0. The minimum Gasteiger partial charge on any atom is -0.390 e. The fourth-order valence-electron chi connectivity index (χ4n) is 1.12. The quantitative estimate of drug-likeness (QED) is 0.616. The highest BCUT2D eigenvalue weighted by Gasteiger charge is 2.27. The van der Waals surface area contributed by atoms with Crippen molar-refractivity contribution in [2.24, 2.45) is 5.92 Å². The number of aliphatic hydroxyl groups is 2. The summed E-state index contributed by atoms with van der Waals surface area (Å²) < 4.78 is 0. The van der Waals surface area contributed by atoms with Crippen LogP contribution in [-0.4, -0.2) is 22.4 Å². The first-order valence-electron chi connectivity index (χ1n) is 4.10. The van der Waals surface area contributed by atoms with Crippen LogP contribution in [0.4, 0.5) is 0 Å². The summed E-state index contributed by atoms with van der Waals surface area (Å²) in [6.07, 6.45) is 2.97. The van der Waals surface area contributed by atoms with Gasteiger partial charge in [0.2, 0.25) is 0 Å². The average molecular weight is 144 g/mol. The zero-order chi connectivity index (χ0) is 7.56. The van der Waals surface area contributed by atoms with Crippen molar-refractivity contribution < 1.29 is 10.2 Å². The maximum atomic E-state index is 9.28. The molecule has 1 saturated carbocycles. The molecule has 0 aromatic heterocycles. The molecular weight excluding hydrogens is 128 g/mol. The zero-order valence-corrected chi connectivity index (χ0v) is 6.45. The Morgan fingerprint density at radius 3 is 2.30 bits per heavy atom. The van der Waals surface area contributed by atoms with Crippen molar-refractivity contribution in [2.45, 2.75) is 44.8 Å². The lowest BCUT2D eigenvalue weighted by molar-refractivity contribution is 0.00960. The van der Waals surface area contributed by atoms with Crippen molar-refractivity contribution in [2.75, 3.05) is 0 Å². The summed E-state index contributed by atoms with van der Waals surface area (Å²) in [5.41, 5.74) is 0. The zero-order valence-electron chi connectivity index (χ0n) is 6.45. The van der Waals surface area contributed by atoms with Gasteiger partial charge in [-0.25, -0.2) is 0 Å². The Kier molecular flexibility index (Phi) is 2.69. The second kappa shape index (κ2) is 3.35. The molecule has 0 aromatic carbocycles. The molecule has 1 aliphatic rings. The van der Waals surface area contributed by atoms with E-state index in [2.05, 4.69) is 0 Å². The van der Waals surface area contributed by atoms with Crippen molar-refractivity contribution >= 4 is 0 Å². The summed E-state index contributed by atoms with van der Waals surface area (Å²) in [6.45, 7) is 1.89. The minimum atomic E-state index is -0.499. The van der Waals surface area contributed by atoms with Crippen LogP contribution in [0.15, 0.2) is 0 Å². The molecule has 2 heteroatoms. The smallest absolute Gasteiger partial charge is 0.0801 e. The molecule has 0 amide bonds. The third-order valence-electron chi connectivity index (χ3n) is 2.13. The third-order valence-corrected chi connectivity index (χ3v) is 2.13. The van der Waals surface area contributed by atoms with Gasteiger partial charge in [0.25, 0.3) is 0 Å². The van der Waals surface area contributed by atoms with Gasteiger partial charge in [0.05, 0.1) is 12.2 Å². The molecule has 2 atom stereocenters. The minimum absolute atomic E-state index is 0.475. The van der Waals surface area contributed by atoms with E-state index in [-0.39, 0.29) is 0 Å². The SMILES string of the molecule is CCC(O)C(O)CC1CC1. The average Bonchev–Trinajstić information content (AvgIpc) is 2.70. The number of rotatable bonds is 4. The van der Waals surface area contributed by atoms with Gasteiger partial charge in [-0.2, -0.15) is 0 Å². The van der Waals surface area contributed by atoms with Crippen molar-refractivity contribution in [3.05, 3.63) is 0 Å². The summed E-state index contributed by atoms with van der Waals surface area (Å²) in [5.74, 6) is 0.705. The van der Waals surface area contributed by atoms with E-state index in [1.807, 2.05) is 6.92 Å². The molecule has 0 heterocycles. The van der Waals surface area contributed by atoms with Gasteiger partial charge in [0.1, 0.15) is 0 Å². The van der Waals surface area contributed by atoms with Crippen LogP contribution in [0.2, 0.25) is 0 Å². The molecule has 2 N–H and O–H groups in total. The summed E-state index contributed by atoms with van der Waals surface area (Å²) in [4.78, 5) is 0. The van der Waals surface area contributed by atoms with Gasteiger partial charge >= 0.3 is 0 Å². The van der Waals surface area contributed by atoms with Crippen LogP contribution in [0.5, 0.6) is 0 Å². The van der Waals surface area contributed by atoms with E-state index in [4.69, 9.17) is 5.11 Å². The Hall–Kier alpha value is -0.0800. The standard InChI is InChI=1S/C8H16O2/c1-2-7(9)8(10)5-6-3-4-6/h6-10H,2-5H2,1H3. The Balaban J connectivity index is 2.11. The lowest BCUT2D eigenvalue weighted by atomic mass is 10.1. The topological polar surface area (TPSA) is 40.5 Å². The van der Waals surface area contributed by atoms with Crippen LogP contribution in [0.3, 0.4) is 0 Å². The van der Waals surface area contributed by atoms with E-state index in [1.165, 1.54) is 12.8 Å². The van der Waals surface area contributed by atoms with E-state index in [9.17, 15) is 5.11 Å². The molecule has 2 unspecified atom stereocenters. The molecule has 1 rings (SSSR count). The molecular formula is C8H16O2. The van der Waals surface area contributed by atoms with Gasteiger partial charge in [-0.15, -0.1) is 0 Å². The number of hydrogen-bond acceptors (Lipinski definition) is 2. The third kappa shape index (κ3) is 2.27. The van der Waals surface area contributed by atoms with Crippen molar-refractivity contribution in [1.29, 1.82) is 0 Å². The molecule has 2 nitrogen and oxygen atoms in total. The first kappa shape index (κ1) is 8.02. The molecule has 0 bridgehead atoms. The maximum Gasteiger partial charge on any atom is 0.0801 e. The van der Waals surface area contributed by atoms with Gasteiger partial charge in [-0.3, -0.25) is 0 Å². The van der Waals surface area contributed by atoms with Gasteiger partial charge in [-0.1, -0.05) is 19.8 Å². The molecule has 0 aliphatic heterocycles. The molecule has 0 radical (unpaired) electrons. The van der Waals surface area contributed by atoms with Crippen molar-refractivity contribution in [3.8, 4) is 0 Å². The number of hydrogen-bond donors (Lipinski definition) is 2. The first-order valence-corrected chi connectivity index (χ1v) is 4.10. The van der Waals surface area contributed by atoms with E-state index in [0.717, 1.165) is 6.42 Å². The fourth-order valence-corrected chi connectivity index (χ4v) is 1.12. The second-order valence-electron chi connectivity index (χ2n) is 3.22. The van der Waals surface area contributed by atoms with Crippen LogP contribution in [-0.2, 0) is 0 Å². The maximum absolute atomic E-state index is 9.28. The normalized spacial score (nSPS) is 24.3. The summed E-state index contributed by atoms with van der Waals surface area (Å²) in [5, 5.41) is 18.4. The predicted molar refractivity (Wildman–Crippen MR) is 39.6 cm³/mol. The van der Waals surface area contributed by atoms with Gasteiger partial charge in [-0.05, 0) is 18.8 Å². The fraction of sp³-hybridized carbons (Fsp3) is 1.00. The van der Waals surface area contributed by atoms with E-state index in [1.54, 1.807) is 0 Å². The van der Waals surface area contributed by atoms with Crippen molar-refractivity contribution in [3.63, 3.8) is 0 Å². The van der Waals surface area contributed by atoms with E-state index < -0.39 is 12.2 Å². The highest BCUT2D eigenvalue weighted by Crippen LogP contribution is 2.34. The molecule has 0 saturated heterocycles. The summed E-state index contributed by atoms with van der Waals surface area (Å²) in [7, 11) is 0. The molecule has 0 spiro atoms. The van der Waals surface area contributed by atoms with Gasteiger partial charge in [0, 0.05) is 0 Å². The first-order chi connectivity index (χ1) is 4.74. The van der Waals surface area contributed by atoms with Gasteiger partial charge < -0.3 is 10.2 Å². The molecule has 1 fully saturated rings. The van der Waals surface area contributed by atoms with Crippen LogP contribution in [0.25, 0.3) is 0 Å². The lowest BCUT2D eigenvalue weighted by Crippen LogP contribution is -2.25. The van der Waals surface area contributed by atoms with E-state index >= 15 is 0 Å². The molecule has 0 aromatic rings. The highest BCUT2D eigenvalue weighted by atomic mass is 16.3. The summed E-state index contributed by atoms with van der Waals surface area (Å²) in [6, 6.07) is 0. The van der Waals surface area contributed by atoms with Gasteiger partial charge in [0.15, 0.2) is 0 Å². The Morgan fingerprint density at radius 1 is 1.30 bits per heavy atom. The molecule has 10 heavy (non-hydrogen) atoms. The predicted octanol–water partition coefficient (Wildman–Crippen LogP) is 0.918. The van der Waals surface area contributed by atoms with Crippen LogP contribution < -0.4 is 0 Å². The Bertz CT molecular complexity index is 99.4. The van der Waals surface area contributed by atoms with E-state index in [0.29, 0.717) is 12.3 Å². The Labute approximate surface area is 61.9 Å². The van der Waals surface area contributed by atoms with Crippen molar-refractivity contribution in [1.82, 2.24) is 0 Å². The second-order valence-corrected chi connectivity index (χ2v) is 3.22. The molecule has 60 valence electrons. The Morgan fingerprint density at radius 2 is 1.90 bits per heavy atom. The number of aliphatic hydroxyl groups excluding tert-OH is 2.